The zero-order chi connectivity index (χ0) is 16.8. The SMILES string of the molecule is Clc1ccc2c(c1)c(-c1ccccc1)c1n2C(c2ccccc2)CC1. The summed E-state index contributed by atoms with van der Waals surface area (Å²) < 4.78 is 2.53. The maximum absolute atomic E-state index is 6.35. The van der Waals surface area contributed by atoms with E-state index < -0.39 is 0 Å². The van der Waals surface area contributed by atoms with Crippen LogP contribution in [0.5, 0.6) is 0 Å². The van der Waals surface area contributed by atoms with Crippen molar-refractivity contribution in [1.29, 1.82) is 0 Å². The van der Waals surface area contributed by atoms with Crippen LogP contribution in [0, 0.1) is 0 Å². The van der Waals surface area contributed by atoms with Gasteiger partial charge in [-0.1, -0.05) is 72.3 Å². The molecular weight excluding hydrogens is 326 g/mol. The number of benzene rings is 3. The minimum absolute atomic E-state index is 0.400. The summed E-state index contributed by atoms with van der Waals surface area (Å²) in [7, 11) is 0. The highest BCUT2D eigenvalue weighted by atomic mass is 35.5. The van der Waals surface area contributed by atoms with Gasteiger partial charge in [0.1, 0.15) is 0 Å². The summed E-state index contributed by atoms with van der Waals surface area (Å²) in [5.41, 5.74) is 6.71. The second-order valence-electron chi connectivity index (χ2n) is 6.68. The van der Waals surface area contributed by atoms with E-state index in [1.54, 1.807) is 0 Å². The predicted octanol–water partition coefficient (Wildman–Crippen LogP) is 6.50. The molecule has 0 fully saturated rings. The van der Waals surface area contributed by atoms with Gasteiger partial charge in [0.05, 0.1) is 6.04 Å². The van der Waals surface area contributed by atoms with Crippen molar-refractivity contribution in [2.24, 2.45) is 0 Å². The Morgan fingerprint density at radius 1 is 0.840 bits per heavy atom. The first kappa shape index (κ1) is 14.8. The van der Waals surface area contributed by atoms with E-state index in [9.17, 15) is 0 Å². The first-order valence-corrected chi connectivity index (χ1v) is 9.13. The minimum Gasteiger partial charge on any atom is -0.336 e. The summed E-state index contributed by atoms with van der Waals surface area (Å²) in [6.07, 6.45) is 2.24. The van der Waals surface area contributed by atoms with E-state index in [1.165, 1.54) is 33.3 Å². The Morgan fingerprint density at radius 2 is 1.56 bits per heavy atom. The Kier molecular flexibility index (Phi) is 3.43. The van der Waals surface area contributed by atoms with Crippen LogP contribution in [0.15, 0.2) is 78.9 Å². The summed E-state index contributed by atoms with van der Waals surface area (Å²) in [5, 5.41) is 2.06. The average Bonchev–Trinajstić information content (AvgIpc) is 3.20. The fraction of sp³-hybridized carbons (Fsp3) is 0.130. The van der Waals surface area contributed by atoms with Crippen LogP contribution in [-0.2, 0) is 6.42 Å². The summed E-state index contributed by atoms with van der Waals surface area (Å²) in [4.78, 5) is 0. The van der Waals surface area contributed by atoms with Crippen molar-refractivity contribution < 1.29 is 0 Å². The van der Waals surface area contributed by atoms with Crippen LogP contribution in [-0.4, -0.2) is 4.57 Å². The van der Waals surface area contributed by atoms with Gasteiger partial charge < -0.3 is 4.57 Å². The van der Waals surface area contributed by atoms with E-state index in [4.69, 9.17) is 11.6 Å². The topological polar surface area (TPSA) is 4.93 Å². The van der Waals surface area contributed by atoms with Crippen LogP contribution in [0.3, 0.4) is 0 Å². The lowest BCUT2D eigenvalue weighted by molar-refractivity contribution is 0.638. The summed E-state index contributed by atoms with van der Waals surface area (Å²) in [6, 6.07) is 28.2. The first-order chi connectivity index (χ1) is 12.3. The van der Waals surface area contributed by atoms with Gasteiger partial charge in [0.25, 0.3) is 0 Å². The van der Waals surface area contributed by atoms with E-state index in [0.29, 0.717) is 6.04 Å². The highest BCUT2D eigenvalue weighted by Crippen LogP contribution is 2.44. The van der Waals surface area contributed by atoms with Crippen molar-refractivity contribution in [1.82, 2.24) is 4.57 Å². The number of hydrogen-bond donors (Lipinski definition) is 0. The average molecular weight is 344 g/mol. The zero-order valence-corrected chi connectivity index (χ0v) is 14.6. The molecule has 0 spiro atoms. The molecule has 0 radical (unpaired) electrons. The largest absolute Gasteiger partial charge is 0.336 e. The van der Waals surface area contributed by atoms with E-state index in [0.717, 1.165) is 17.9 Å². The molecule has 1 aliphatic heterocycles. The van der Waals surface area contributed by atoms with Crippen molar-refractivity contribution in [3.63, 3.8) is 0 Å². The van der Waals surface area contributed by atoms with Gasteiger partial charge in [-0.3, -0.25) is 0 Å². The maximum atomic E-state index is 6.35. The molecule has 2 heteroatoms. The van der Waals surface area contributed by atoms with Gasteiger partial charge in [-0.25, -0.2) is 0 Å². The second-order valence-corrected chi connectivity index (χ2v) is 7.12. The van der Waals surface area contributed by atoms with Crippen LogP contribution < -0.4 is 0 Å². The monoisotopic (exact) mass is 343 g/mol. The van der Waals surface area contributed by atoms with Crippen LogP contribution in [0.25, 0.3) is 22.0 Å². The minimum atomic E-state index is 0.400. The smallest absolute Gasteiger partial charge is 0.0592 e. The van der Waals surface area contributed by atoms with Crippen LogP contribution >= 0.6 is 11.6 Å². The Labute approximate surface area is 152 Å². The Balaban J connectivity index is 1.81. The van der Waals surface area contributed by atoms with Crippen molar-refractivity contribution in [2.75, 3.05) is 0 Å². The number of hydrogen-bond acceptors (Lipinski definition) is 0. The molecule has 25 heavy (non-hydrogen) atoms. The molecule has 0 amide bonds. The zero-order valence-electron chi connectivity index (χ0n) is 13.8. The highest BCUT2D eigenvalue weighted by Gasteiger charge is 2.29. The second kappa shape index (κ2) is 5.79. The molecule has 3 aromatic carbocycles. The molecule has 0 aliphatic carbocycles. The molecule has 0 N–H and O–H groups in total. The van der Waals surface area contributed by atoms with Gasteiger partial charge >= 0.3 is 0 Å². The number of halogens is 1. The number of rotatable bonds is 2. The van der Waals surface area contributed by atoms with Crippen LogP contribution in [0.1, 0.15) is 23.7 Å². The third-order valence-corrected chi connectivity index (χ3v) is 5.52. The Bertz CT molecular complexity index is 1050. The quantitative estimate of drug-likeness (QED) is 0.391. The van der Waals surface area contributed by atoms with Crippen molar-refractivity contribution in [3.05, 3.63) is 95.1 Å². The fourth-order valence-corrected chi connectivity index (χ4v) is 4.43. The number of nitrogens with zero attached hydrogens (tertiary/aromatic N) is 1. The van der Waals surface area contributed by atoms with Crippen molar-refractivity contribution in [2.45, 2.75) is 18.9 Å². The molecular formula is C23H18ClN. The van der Waals surface area contributed by atoms with Crippen LogP contribution in [0.2, 0.25) is 5.02 Å². The fourth-order valence-electron chi connectivity index (χ4n) is 4.26. The van der Waals surface area contributed by atoms with Crippen molar-refractivity contribution >= 4 is 22.5 Å². The molecule has 1 aromatic heterocycles. The highest BCUT2D eigenvalue weighted by molar-refractivity contribution is 6.31. The third-order valence-electron chi connectivity index (χ3n) is 5.28. The molecule has 0 saturated carbocycles. The van der Waals surface area contributed by atoms with Crippen molar-refractivity contribution in [3.8, 4) is 11.1 Å². The molecule has 1 unspecified atom stereocenters. The Hall–Kier alpha value is -2.51. The van der Waals surface area contributed by atoms with Gasteiger partial charge in [0.15, 0.2) is 0 Å². The van der Waals surface area contributed by atoms with E-state index in [1.807, 2.05) is 6.07 Å². The van der Waals surface area contributed by atoms with Crippen LogP contribution in [0.4, 0.5) is 0 Å². The van der Waals surface area contributed by atoms with Gasteiger partial charge in [-0.2, -0.15) is 0 Å². The van der Waals surface area contributed by atoms with Gasteiger partial charge in [0.2, 0.25) is 0 Å². The van der Waals surface area contributed by atoms with E-state index in [2.05, 4.69) is 77.4 Å². The maximum Gasteiger partial charge on any atom is 0.0592 e. The molecule has 5 rings (SSSR count). The van der Waals surface area contributed by atoms with E-state index >= 15 is 0 Å². The molecule has 4 aromatic rings. The Morgan fingerprint density at radius 3 is 2.32 bits per heavy atom. The molecule has 1 aliphatic rings. The molecule has 0 saturated heterocycles. The molecule has 2 heterocycles. The number of fused-ring (bicyclic) bond motifs is 3. The third kappa shape index (κ3) is 2.31. The summed E-state index contributed by atoms with van der Waals surface area (Å²) >= 11 is 6.35. The van der Waals surface area contributed by atoms with Gasteiger partial charge in [0, 0.05) is 27.2 Å². The standard InChI is InChI=1S/C23H18ClN/c24-18-11-12-21-19(15-18)23(17-9-5-2-6-10-17)22-14-13-20(25(21)22)16-7-3-1-4-8-16/h1-12,15,20H,13-14H2. The normalized spacial score (nSPS) is 16.3. The van der Waals surface area contributed by atoms with Gasteiger partial charge in [-0.05, 0) is 42.2 Å². The molecule has 122 valence electrons. The molecule has 1 nitrogen and oxygen atoms in total. The lowest BCUT2D eigenvalue weighted by Crippen LogP contribution is -2.05. The van der Waals surface area contributed by atoms with Gasteiger partial charge in [-0.15, -0.1) is 0 Å². The molecule has 1 atom stereocenters. The first-order valence-electron chi connectivity index (χ1n) is 8.75. The summed E-state index contributed by atoms with van der Waals surface area (Å²) in [6.45, 7) is 0. The predicted molar refractivity (Wildman–Crippen MR) is 105 cm³/mol. The lowest BCUT2D eigenvalue weighted by atomic mass is 9.99. The number of aromatic nitrogens is 1. The molecule has 0 bridgehead atoms. The summed E-state index contributed by atoms with van der Waals surface area (Å²) in [5.74, 6) is 0. The van der Waals surface area contributed by atoms with E-state index in [-0.39, 0.29) is 0 Å². The lowest BCUT2D eigenvalue weighted by Gasteiger charge is -2.15.